The van der Waals surface area contributed by atoms with Gasteiger partial charge in [-0.25, -0.2) is 4.39 Å². The molecule has 0 aliphatic heterocycles. The highest BCUT2D eigenvalue weighted by Crippen LogP contribution is 2.28. The highest BCUT2D eigenvalue weighted by atomic mass is 79.9. The van der Waals surface area contributed by atoms with Gasteiger partial charge in [0.05, 0.1) is 0 Å². The van der Waals surface area contributed by atoms with Crippen molar-refractivity contribution in [3.63, 3.8) is 0 Å². The number of hydrogen-bond donors (Lipinski definition) is 0. The number of carbonyl (C=O) groups is 3. The molecule has 0 amide bonds. The van der Waals surface area contributed by atoms with Gasteiger partial charge in [0.25, 0.3) is 0 Å². The number of hydrogen-bond acceptors (Lipinski definition) is 5. The van der Waals surface area contributed by atoms with Gasteiger partial charge in [-0.15, -0.1) is 0 Å². The van der Waals surface area contributed by atoms with E-state index in [4.69, 9.17) is 9.47 Å². The molecule has 0 bridgehead atoms. The summed E-state index contributed by atoms with van der Waals surface area (Å²) in [6.07, 6.45) is -0.974. The summed E-state index contributed by atoms with van der Waals surface area (Å²) in [4.78, 5) is 35.3. The van der Waals surface area contributed by atoms with Crippen LogP contribution < -0.4 is 9.47 Å². The highest BCUT2D eigenvalue weighted by Gasteiger charge is 2.32. The lowest BCUT2D eigenvalue weighted by molar-refractivity contribution is -0.141. The fourth-order valence-electron chi connectivity index (χ4n) is 2.46. The van der Waals surface area contributed by atoms with Gasteiger partial charge in [0, 0.05) is 4.47 Å². The molecular formula is C20H18BrFO5. The minimum Gasteiger partial charge on any atom is -0.483 e. The Morgan fingerprint density at radius 3 is 2.04 bits per heavy atom. The Morgan fingerprint density at radius 2 is 1.52 bits per heavy atom. The van der Waals surface area contributed by atoms with Crippen molar-refractivity contribution in [1.29, 1.82) is 0 Å². The van der Waals surface area contributed by atoms with Crippen LogP contribution in [0.2, 0.25) is 0 Å². The summed E-state index contributed by atoms with van der Waals surface area (Å²) in [5.74, 6) is -2.63. The Bertz CT molecular complexity index is 849. The summed E-state index contributed by atoms with van der Waals surface area (Å²) in [6.45, 7) is 3.87. The van der Waals surface area contributed by atoms with Crippen LogP contribution in [0.25, 0.3) is 0 Å². The van der Waals surface area contributed by atoms with E-state index < -0.39 is 35.2 Å². The Hall–Kier alpha value is -2.54. The van der Waals surface area contributed by atoms with Crippen molar-refractivity contribution in [3.05, 3.63) is 52.8 Å². The van der Waals surface area contributed by atoms with E-state index in [1.54, 1.807) is 30.3 Å². The maximum Gasteiger partial charge on any atom is 0.190 e. The van der Waals surface area contributed by atoms with E-state index in [9.17, 15) is 18.8 Å². The third-order valence-electron chi connectivity index (χ3n) is 3.76. The summed E-state index contributed by atoms with van der Waals surface area (Å²) >= 11 is 3.17. The molecule has 1 atom stereocenters. The van der Waals surface area contributed by atoms with Gasteiger partial charge in [-0.05, 0) is 63.2 Å². The Kier molecular flexibility index (Phi) is 6.85. The molecule has 0 N–H and O–H groups in total. The van der Waals surface area contributed by atoms with Crippen molar-refractivity contribution in [2.75, 3.05) is 0 Å². The van der Waals surface area contributed by atoms with Crippen LogP contribution in [0.5, 0.6) is 17.2 Å². The fraction of sp³-hybridized carbons (Fsp3) is 0.250. The van der Waals surface area contributed by atoms with Crippen molar-refractivity contribution < 1.29 is 28.2 Å². The number of halogens is 2. The molecular weight excluding hydrogens is 419 g/mol. The number of Topliss-reactive ketones (excluding diaryl/α,β-unsaturated/α-hetero) is 3. The van der Waals surface area contributed by atoms with Gasteiger partial charge >= 0.3 is 0 Å². The maximum absolute atomic E-state index is 13.8. The van der Waals surface area contributed by atoms with Crippen molar-refractivity contribution in [1.82, 2.24) is 0 Å². The van der Waals surface area contributed by atoms with Crippen LogP contribution in [0.4, 0.5) is 4.39 Å². The second kappa shape index (κ2) is 8.90. The predicted octanol–water partition coefficient (Wildman–Crippen LogP) is 4.51. The first-order valence-corrected chi connectivity index (χ1v) is 8.92. The Labute approximate surface area is 164 Å². The van der Waals surface area contributed by atoms with Crippen LogP contribution in [0.15, 0.2) is 46.9 Å². The fourth-order valence-corrected chi connectivity index (χ4v) is 2.79. The highest BCUT2D eigenvalue weighted by molar-refractivity contribution is 9.10. The van der Waals surface area contributed by atoms with E-state index in [0.717, 1.165) is 0 Å². The summed E-state index contributed by atoms with van der Waals surface area (Å²) in [6, 6.07) is 10.7. The zero-order chi connectivity index (χ0) is 20.1. The molecule has 0 radical (unpaired) electrons. The third-order valence-corrected chi connectivity index (χ3v) is 4.25. The van der Waals surface area contributed by atoms with Gasteiger partial charge < -0.3 is 9.47 Å². The Morgan fingerprint density at radius 1 is 0.963 bits per heavy atom. The van der Waals surface area contributed by atoms with E-state index in [0.29, 0.717) is 16.0 Å². The number of benzene rings is 2. The lowest BCUT2D eigenvalue weighted by Crippen LogP contribution is -2.37. The van der Waals surface area contributed by atoms with Crippen molar-refractivity contribution >= 4 is 33.3 Å². The van der Waals surface area contributed by atoms with Crippen LogP contribution in [0.3, 0.4) is 0 Å². The molecule has 2 aromatic carbocycles. The van der Waals surface area contributed by atoms with Gasteiger partial charge in [0.1, 0.15) is 29.0 Å². The minimum absolute atomic E-state index is 0.0705. The van der Waals surface area contributed by atoms with Gasteiger partial charge in [0.2, 0.25) is 0 Å². The van der Waals surface area contributed by atoms with Crippen LogP contribution >= 0.6 is 15.9 Å². The SMILES string of the molecule is CC(=O)C(C(C)=O)C(=O)C(C)Oc1ccc(Oc2ccc(Br)cc2F)cc1. The van der Waals surface area contributed by atoms with Crippen molar-refractivity contribution in [2.24, 2.45) is 5.92 Å². The van der Waals surface area contributed by atoms with E-state index in [1.807, 2.05) is 0 Å². The molecule has 2 aromatic rings. The predicted molar refractivity (Wildman–Crippen MR) is 101 cm³/mol. The first kappa shape index (κ1) is 20.8. The van der Waals surface area contributed by atoms with Crippen LogP contribution in [-0.4, -0.2) is 23.5 Å². The molecule has 0 aromatic heterocycles. The van der Waals surface area contributed by atoms with Gasteiger partial charge in [-0.3, -0.25) is 14.4 Å². The third kappa shape index (κ3) is 5.47. The average molecular weight is 437 g/mol. The first-order valence-electron chi connectivity index (χ1n) is 8.13. The number of rotatable bonds is 8. The lowest BCUT2D eigenvalue weighted by atomic mass is 9.93. The largest absolute Gasteiger partial charge is 0.483 e. The summed E-state index contributed by atoms with van der Waals surface area (Å²) in [5, 5.41) is 0. The summed E-state index contributed by atoms with van der Waals surface area (Å²) < 4.78 is 25.4. The Balaban J connectivity index is 2.05. The van der Waals surface area contributed by atoms with Crippen LogP contribution in [-0.2, 0) is 14.4 Å². The monoisotopic (exact) mass is 436 g/mol. The van der Waals surface area contributed by atoms with Gasteiger partial charge in [-0.1, -0.05) is 15.9 Å². The molecule has 0 aliphatic rings. The van der Waals surface area contributed by atoms with Crippen molar-refractivity contribution in [2.45, 2.75) is 26.9 Å². The zero-order valence-corrected chi connectivity index (χ0v) is 16.6. The number of ketones is 3. The second-order valence-corrected chi connectivity index (χ2v) is 6.88. The summed E-state index contributed by atoms with van der Waals surface area (Å²) in [7, 11) is 0. The van der Waals surface area contributed by atoms with E-state index in [-0.39, 0.29) is 5.75 Å². The van der Waals surface area contributed by atoms with Crippen molar-refractivity contribution in [3.8, 4) is 17.2 Å². The normalized spacial score (nSPS) is 11.8. The number of ether oxygens (including phenoxy) is 2. The molecule has 27 heavy (non-hydrogen) atoms. The molecule has 0 saturated carbocycles. The molecule has 0 saturated heterocycles. The maximum atomic E-state index is 13.8. The van der Waals surface area contributed by atoms with E-state index in [1.165, 1.54) is 32.9 Å². The molecule has 0 aliphatic carbocycles. The van der Waals surface area contributed by atoms with E-state index >= 15 is 0 Å². The molecule has 0 heterocycles. The quantitative estimate of drug-likeness (QED) is 0.569. The molecule has 1 unspecified atom stereocenters. The van der Waals surface area contributed by atoms with Gasteiger partial charge in [-0.2, -0.15) is 0 Å². The minimum atomic E-state index is -1.32. The van der Waals surface area contributed by atoms with Gasteiger partial charge in [0.15, 0.2) is 23.5 Å². The molecule has 142 valence electrons. The average Bonchev–Trinajstić information content (AvgIpc) is 2.58. The lowest BCUT2D eigenvalue weighted by Gasteiger charge is -2.17. The molecule has 0 spiro atoms. The molecule has 0 fully saturated rings. The summed E-state index contributed by atoms with van der Waals surface area (Å²) in [5.41, 5.74) is 0. The topological polar surface area (TPSA) is 69.7 Å². The zero-order valence-electron chi connectivity index (χ0n) is 15.0. The molecule has 5 nitrogen and oxygen atoms in total. The standard InChI is InChI=1S/C20H18BrFO5/c1-11(23)19(12(2)24)20(25)13(3)26-15-5-7-16(8-6-15)27-18-9-4-14(21)10-17(18)22/h4-10,13,19H,1-3H3. The first-order chi connectivity index (χ1) is 12.7. The smallest absolute Gasteiger partial charge is 0.190 e. The second-order valence-electron chi connectivity index (χ2n) is 5.96. The van der Waals surface area contributed by atoms with E-state index in [2.05, 4.69) is 15.9 Å². The van der Waals surface area contributed by atoms with Crippen LogP contribution in [0, 0.1) is 11.7 Å². The van der Waals surface area contributed by atoms with Crippen LogP contribution in [0.1, 0.15) is 20.8 Å². The number of carbonyl (C=O) groups excluding carboxylic acids is 3. The molecule has 7 heteroatoms. The molecule has 2 rings (SSSR count).